The van der Waals surface area contributed by atoms with Crippen LogP contribution < -0.4 is 81.4 Å². The fourth-order valence-corrected chi connectivity index (χ4v) is 11.4. The van der Waals surface area contributed by atoms with Crippen molar-refractivity contribution in [2.45, 2.75) is 72.4 Å². The Labute approximate surface area is 614 Å². The molecule has 0 amide bonds. The molecule has 0 saturated carbocycles. The molecule has 9 aromatic carbocycles. The Bertz CT molecular complexity index is 4550. The van der Waals surface area contributed by atoms with Gasteiger partial charge in [0.2, 0.25) is 0 Å². The van der Waals surface area contributed by atoms with E-state index in [-0.39, 0.29) is 86.8 Å². The maximum Gasteiger partial charge on any atom is 1.00 e. The van der Waals surface area contributed by atoms with Gasteiger partial charge in [0.05, 0.1) is 49.3 Å². The van der Waals surface area contributed by atoms with Gasteiger partial charge in [-0.2, -0.15) is 0 Å². The van der Waals surface area contributed by atoms with Crippen molar-refractivity contribution in [3.8, 4) is 22.3 Å². The van der Waals surface area contributed by atoms with Gasteiger partial charge in [0, 0.05) is 96.0 Å². The fraction of sp³-hybridized carbons (Fsp3) is 0.171. The molecule has 502 valence electrons. The number of anilines is 3. The SMILES string of the molecule is CCOC(=O)Cc1ccccc1NCc1cc(-c2cccc(CN)c2)c2occc2c1.CCOC(=O)Cc1ccccc1NCc1cc(Br)c2occc2c1.Cl.NCc1cccc(-c2cc(CNc3ccccc3CC(=O)[O-])cc3ccoc23)c1.NCc1cccc(B(O)O)c1.[Li+].[Li+].[OH-]. The summed E-state index contributed by atoms with van der Waals surface area (Å²) in [5, 5.41) is 41.9. The number of fused-ring (bicyclic) bond motifs is 3. The van der Waals surface area contributed by atoms with Crippen molar-refractivity contribution < 1.29 is 95.5 Å². The summed E-state index contributed by atoms with van der Waals surface area (Å²) in [6.45, 7) is 7.61. The minimum atomic E-state index is -1.40. The van der Waals surface area contributed by atoms with Crippen LogP contribution in [-0.4, -0.2) is 53.8 Å². The molecule has 18 nitrogen and oxygen atoms in total. The summed E-state index contributed by atoms with van der Waals surface area (Å²) in [5.74, 6) is -1.53. The zero-order valence-electron chi connectivity index (χ0n) is 55.7. The minimum absolute atomic E-state index is 0. The van der Waals surface area contributed by atoms with E-state index < -0.39 is 13.1 Å². The molecular formula is C76H77BBrClLi2N6O12. The van der Waals surface area contributed by atoms with Crippen LogP contribution in [0.4, 0.5) is 17.1 Å². The first kappa shape index (κ1) is 80.9. The number of furan rings is 3. The number of halogens is 2. The van der Waals surface area contributed by atoms with Crippen molar-refractivity contribution in [3.63, 3.8) is 0 Å². The molecule has 12 rings (SSSR count). The second-order valence-electron chi connectivity index (χ2n) is 22.1. The van der Waals surface area contributed by atoms with E-state index in [4.69, 9.17) is 50.0 Å². The molecule has 0 atom stereocenters. The Kier molecular flexibility index (Phi) is 33.4. The normalized spacial score (nSPS) is 10.3. The second kappa shape index (κ2) is 40.9. The van der Waals surface area contributed by atoms with Crippen LogP contribution in [0.1, 0.15) is 63.9 Å². The number of aliphatic carboxylic acids is 1. The number of hydrogen-bond acceptors (Lipinski definition) is 18. The van der Waals surface area contributed by atoms with Gasteiger partial charge < -0.3 is 81.3 Å². The number of carboxylic acid groups (broad SMARTS) is 1. The zero-order chi connectivity index (χ0) is 67.1. The van der Waals surface area contributed by atoms with Crippen molar-refractivity contribution in [1.29, 1.82) is 0 Å². The Hall–Kier alpha value is -8.80. The third-order valence-electron chi connectivity index (χ3n) is 15.3. The minimum Gasteiger partial charge on any atom is -0.870 e. The number of ether oxygens (including phenoxy) is 2. The molecule has 23 heteroatoms. The molecular weight excluding hydrogens is 1330 g/mol. The number of hydrogen-bond donors (Lipinski definition) is 8. The maximum atomic E-state index is 11.9. The quantitative estimate of drug-likeness (QED) is 0.0243. The van der Waals surface area contributed by atoms with Gasteiger partial charge in [-0.05, 0) is 181 Å². The Morgan fingerprint density at radius 2 is 0.828 bits per heavy atom. The van der Waals surface area contributed by atoms with E-state index >= 15 is 0 Å². The molecule has 12 aromatic rings. The third-order valence-corrected chi connectivity index (χ3v) is 15.9. The van der Waals surface area contributed by atoms with E-state index in [0.29, 0.717) is 63.5 Å². The van der Waals surface area contributed by atoms with E-state index in [2.05, 4.69) is 80.4 Å². The molecule has 0 unspecified atom stereocenters. The fourth-order valence-electron chi connectivity index (χ4n) is 10.8. The van der Waals surface area contributed by atoms with Crippen LogP contribution in [0.2, 0.25) is 0 Å². The second-order valence-corrected chi connectivity index (χ2v) is 22.9. The number of carboxylic acids is 1. The first-order valence-electron chi connectivity index (χ1n) is 31.1. The van der Waals surface area contributed by atoms with Gasteiger partial charge in [-0.25, -0.2) is 0 Å². The standard InChI is InChI=1S/C26H26N2O3.C24H22N2O3.C19H18BrNO3.C7H10BNO2.ClH.2Li.H2O/c1-2-30-25(29)15-21-7-3-4-9-24(21)28-17-19-13-22-10-11-31-26(22)23(14-19)20-8-5-6-18(12-20)16-27;25-14-16-4-3-6-18(10-16)21-12-17(11-20-8-9-29-24(20)21)15-26-22-7-2-1-5-19(22)13-23(27)28;1-2-23-18(22)11-14-5-3-4-6-17(14)21-12-13-9-15-7-8-24-19(15)16(20)10-13;9-5-6-2-1-3-7(4-6)8(10)11;;;;/h3-14,28H,2,15-17,27H2,1H3;1-12,26H,13-15,25H2,(H,27,28);3-10,21H,2,11-12H2,1H3;1-4,10-11H,5,9H2;1H;;;1H2/q;;;;;2*+1;/p-2. The van der Waals surface area contributed by atoms with Crippen molar-refractivity contribution in [2.24, 2.45) is 17.2 Å². The Balaban J connectivity index is 0.000000245. The average molecular weight is 1410 g/mol. The topological polar surface area (TPSA) is 317 Å². The first-order valence-corrected chi connectivity index (χ1v) is 31.9. The van der Waals surface area contributed by atoms with Crippen molar-refractivity contribution in [1.82, 2.24) is 0 Å². The van der Waals surface area contributed by atoms with Crippen LogP contribution in [0.5, 0.6) is 0 Å². The molecule has 0 aliphatic carbocycles. The molecule has 0 saturated heterocycles. The molecule has 0 radical (unpaired) electrons. The van der Waals surface area contributed by atoms with E-state index in [1.165, 1.54) is 0 Å². The number of nitrogens with two attached hydrogens (primary N) is 3. The molecule has 0 fully saturated rings. The van der Waals surface area contributed by atoms with Crippen LogP contribution in [0.3, 0.4) is 0 Å². The van der Waals surface area contributed by atoms with Crippen LogP contribution in [0, 0.1) is 0 Å². The van der Waals surface area contributed by atoms with E-state index in [1.807, 2.05) is 141 Å². The van der Waals surface area contributed by atoms with Gasteiger partial charge in [0.25, 0.3) is 0 Å². The van der Waals surface area contributed by atoms with E-state index in [9.17, 15) is 19.5 Å². The molecule has 99 heavy (non-hydrogen) atoms. The average Bonchev–Trinajstić information content (AvgIpc) is 1.76. The summed E-state index contributed by atoms with van der Waals surface area (Å²) in [5.41, 5.74) is 35.7. The molecule has 3 aromatic heterocycles. The number of carbonyl (C=O) groups excluding carboxylic acids is 3. The number of benzene rings is 9. The number of nitrogens with one attached hydrogen (secondary N) is 3. The Morgan fingerprint density at radius 3 is 1.22 bits per heavy atom. The summed E-state index contributed by atoms with van der Waals surface area (Å²) >= 11 is 3.53. The molecule has 0 aliphatic heterocycles. The van der Waals surface area contributed by atoms with Gasteiger partial charge in [-0.3, -0.25) is 9.59 Å². The Morgan fingerprint density at radius 1 is 0.465 bits per heavy atom. The van der Waals surface area contributed by atoms with Gasteiger partial charge in [0.15, 0.2) is 0 Å². The van der Waals surface area contributed by atoms with E-state index in [1.54, 1.807) is 43.1 Å². The summed E-state index contributed by atoms with van der Waals surface area (Å²) in [4.78, 5) is 34.7. The van der Waals surface area contributed by atoms with E-state index in [0.717, 1.165) is 121 Å². The number of para-hydroxylation sites is 3. The van der Waals surface area contributed by atoms with Crippen LogP contribution in [0.25, 0.3) is 55.2 Å². The van der Waals surface area contributed by atoms with Gasteiger partial charge in [0.1, 0.15) is 16.7 Å². The largest absolute Gasteiger partial charge is 1.00 e. The monoisotopic (exact) mass is 1400 g/mol. The third kappa shape index (κ3) is 23.1. The summed E-state index contributed by atoms with van der Waals surface area (Å²) < 4.78 is 28.0. The first-order chi connectivity index (χ1) is 46.2. The number of carbonyl (C=O) groups is 3. The van der Waals surface area contributed by atoms with Crippen LogP contribution in [0.15, 0.2) is 237 Å². The summed E-state index contributed by atoms with van der Waals surface area (Å²) in [6.07, 6.45) is 5.47. The molecule has 12 N–H and O–H groups in total. The number of esters is 2. The van der Waals surface area contributed by atoms with Gasteiger partial charge >= 0.3 is 56.8 Å². The number of rotatable bonds is 23. The van der Waals surface area contributed by atoms with Crippen molar-refractivity contribution in [2.75, 3.05) is 29.2 Å². The smallest absolute Gasteiger partial charge is 0.870 e. The maximum absolute atomic E-state index is 11.9. The van der Waals surface area contributed by atoms with Crippen LogP contribution in [-0.2, 0) is 82.4 Å². The van der Waals surface area contributed by atoms with Crippen molar-refractivity contribution in [3.05, 3.63) is 274 Å². The summed E-state index contributed by atoms with van der Waals surface area (Å²) in [6, 6.07) is 64.6. The predicted molar refractivity (Wildman–Crippen MR) is 387 cm³/mol. The van der Waals surface area contributed by atoms with Crippen molar-refractivity contribution >= 4 is 109 Å². The van der Waals surface area contributed by atoms with Crippen LogP contribution >= 0.6 is 28.3 Å². The molecule has 0 bridgehead atoms. The van der Waals surface area contributed by atoms with Gasteiger partial charge in [-0.15, -0.1) is 12.4 Å². The zero-order valence-corrected chi connectivity index (χ0v) is 58.1. The van der Waals surface area contributed by atoms with Gasteiger partial charge in [-0.1, -0.05) is 115 Å². The predicted octanol–water partition coefficient (Wildman–Crippen LogP) is 6.73. The summed E-state index contributed by atoms with van der Waals surface area (Å²) in [7, 11) is -1.40. The molecule has 3 heterocycles. The molecule has 0 aliphatic rings. The molecule has 0 spiro atoms.